The van der Waals surface area contributed by atoms with Gasteiger partial charge in [0.1, 0.15) is 0 Å². The normalized spacial score (nSPS) is 17.9. The summed E-state index contributed by atoms with van der Waals surface area (Å²) in [7, 11) is 0. The zero-order valence-corrected chi connectivity index (χ0v) is 13.4. The second-order valence-electron chi connectivity index (χ2n) is 4.84. The van der Waals surface area contributed by atoms with Crippen LogP contribution in [0.5, 0.6) is 0 Å². The topological polar surface area (TPSA) is 41.1 Å². The number of anilines is 1. The van der Waals surface area contributed by atoms with Crippen LogP contribution >= 0.6 is 28.3 Å². The van der Waals surface area contributed by atoms with Crippen molar-refractivity contribution in [2.45, 2.75) is 38.6 Å². The largest absolute Gasteiger partial charge is 0.326 e. The minimum Gasteiger partial charge on any atom is -0.326 e. The standard InChI is InChI=1S/C14H19BrN2O.ClH/c1-10-4-5-11(15)9-13(10)17-14(18)7-6-12-3-2-8-16-12;/h4-5,9,12,16H,2-3,6-8H2,1H3,(H,17,18);1H. The van der Waals surface area contributed by atoms with Crippen molar-refractivity contribution < 1.29 is 4.79 Å². The summed E-state index contributed by atoms with van der Waals surface area (Å²) in [6, 6.07) is 6.45. The molecule has 1 aliphatic heterocycles. The molecule has 1 aliphatic rings. The van der Waals surface area contributed by atoms with Gasteiger partial charge in [0.25, 0.3) is 0 Å². The van der Waals surface area contributed by atoms with Crippen LogP contribution in [0.4, 0.5) is 5.69 Å². The molecule has 1 saturated heterocycles. The Morgan fingerprint density at radius 3 is 3.00 bits per heavy atom. The number of benzene rings is 1. The van der Waals surface area contributed by atoms with Crippen LogP contribution in [0.3, 0.4) is 0 Å². The quantitative estimate of drug-likeness (QED) is 0.873. The summed E-state index contributed by atoms with van der Waals surface area (Å²) in [5.74, 6) is 0.102. The minimum atomic E-state index is 0. The van der Waals surface area contributed by atoms with Gasteiger partial charge in [-0.3, -0.25) is 4.79 Å². The molecule has 1 atom stereocenters. The third-order valence-electron chi connectivity index (χ3n) is 3.36. The van der Waals surface area contributed by atoms with Crippen LogP contribution in [-0.4, -0.2) is 18.5 Å². The van der Waals surface area contributed by atoms with E-state index in [0.717, 1.165) is 28.7 Å². The van der Waals surface area contributed by atoms with Crippen molar-refractivity contribution in [2.24, 2.45) is 0 Å². The Bertz CT molecular complexity index is 433. The fourth-order valence-electron chi connectivity index (χ4n) is 2.25. The molecule has 3 nitrogen and oxygen atoms in total. The predicted octanol–water partition coefficient (Wildman–Crippen LogP) is 3.65. The molecule has 0 radical (unpaired) electrons. The maximum Gasteiger partial charge on any atom is 0.224 e. The first-order valence-electron chi connectivity index (χ1n) is 6.44. The molecule has 1 heterocycles. The van der Waals surface area contributed by atoms with E-state index < -0.39 is 0 Å². The van der Waals surface area contributed by atoms with E-state index in [-0.39, 0.29) is 18.3 Å². The number of hydrogen-bond donors (Lipinski definition) is 2. The van der Waals surface area contributed by atoms with Gasteiger partial charge in [0, 0.05) is 22.6 Å². The molecule has 1 amide bonds. The molecule has 1 aromatic rings. The summed E-state index contributed by atoms with van der Waals surface area (Å²) in [6.45, 7) is 3.09. The van der Waals surface area contributed by atoms with Crippen molar-refractivity contribution in [3.8, 4) is 0 Å². The van der Waals surface area contributed by atoms with E-state index in [1.807, 2.05) is 25.1 Å². The van der Waals surface area contributed by atoms with Crippen molar-refractivity contribution in [1.82, 2.24) is 5.32 Å². The number of aryl methyl sites for hydroxylation is 1. The van der Waals surface area contributed by atoms with Crippen LogP contribution < -0.4 is 10.6 Å². The van der Waals surface area contributed by atoms with Crippen LogP contribution in [-0.2, 0) is 4.79 Å². The summed E-state index contributed by atoms with van der Waals surface area (Å²) >= 11 is 3.42. The highest BCUT2D eigenvalue weighted by Crippen LogP contribution is 2.21. The molecule has 0 spiro atoms. The highest BCUT2D eigenvalue weighted by Gasteiger charge is 2.15. The SMILES string of the molecule is Cc1ccc(Br)cc1NC(=O)CCC1CCCN1.Cl. The number of hydrogen-bond acceptors (Lipinski definition) is 2. The second kappa shape index (κ2) is 7.88. The Kier molecular flexibility index (Phi) is 6.83. The van der Waals surface area contributed by atoms with E-state index in [0.29, 0.717) is 12.5 Å². The first kappa shape index (κ1) is 16.5. The summed E-state index contributed by atoms with van der Waals surface area (Å²) in [5, 5.41) is 6.39. The molecule has 0 aliphatic carbocycles. The lowest BCUT2D eigenvalue weighted by atomic mass is 10.1. The van der Waals surface area contributed by atoms with Crippen molar-refractivity contribution in [1.29, 1.82) is 0 Å². The lowest BCUT2D eigenvalue weighted by molar-refractivity contribution is -0.116. The molecule has 0 saturated carbocycles. The van der Waals surface area contributed by atoms with Crippen LogP contribution in [0.25, 0.3) is 0 Å². The average molecular weight is 348 g/mol. The fourth-order valence-corrected chi connectivity index (χ4v) is 2.61. The Morgan fingerprint density at radius 1 is 1.53 bits per heavy atom. The smallest absolute Gasteiger partial charge is 0.224 e. The molecular weight excluding hydrogens is 328 g/mol. The van der Waals surface area contributed by atoms with Gasteiger partial charge in [0.2, 0.25) is 5.91 Å². The van der Waals surface area contributed by atoms with Crippen molar-refractivity contribution >= 4 is 39.9 Å². The summed E-state index contributed by atoms with van der Waals surface area (Å²) in [4.78, 5) is 11.9. The maximum atomic E-state index is 11.9. The van der Waals surface area contributed by atoms with E-state index in [1.165, 1.54) is 12.8 Å². The Balaban J connectivity index is 0.00000180. The molecule has 0 bridgehead atoms. The molecule has 2 rings (SSSR count). The Hall–Kier alpha value is -0.580. The molecular formula is C14H20BrClN2O. The van der Waals surface area contributed by atoms with Crippen LogP contribution in [0.2, 0.25) is 0 Å². The summed E-state index contributed by atoms with van der Waals surface area (Å²) in [5.41, 5.74) is 1.99. The molecule has 1 aromatic carbocycles. The third-order valence-corrected chi connectivity index (χ3v) is 3.85. The predicted molar refractivity (Wildman–Crippen MR) is 85.0 cm³/mol. The second-order valence-corrected chi connectivity index (χ2v) is 5.76. The molecule has 106 valence electrons. The van der Waals surface area contributed by atoms with E-state index in [9.17, 15) is 4.79 Å². The molecule has 5 heteroatoms. The number of carbonyl (C=O) groups excluding carboxylic acids is 1. The first-order chi connectivity index (χ1) is 8.65. The number of halogens is 2. The molecule has 19 heavy (non-hydrogen) atoms. The van der Waals surface area contributed by atoms with Crippen LogP contribution in [0.15, 0.2) is 22.7 Å². The van der Waals surface area contributed by atoms with Crippen molar-refractivity contribution in [2.75, 3.05) is 11.9 Å². The lowest BCUT2D eigenvalue weighted by Gasteiger charge is -2.11. The molecule has 1 fully saturated rings. The molecule has 1 unspecified atom stereocenters. The van der Waals surface area contributed by atoms with Gasteiger partial charge < -0.3 is 10.6 Å². The van der Waals surface area contributed by atoms with Gasteiger partial charge in [-0.1, -0.05) is 22.0 Å². The van der Waals surface area contributed by atoms with Gasteiger partial charge in [0.05, 0.1) is 0 Å². The fraction of sp³-hybridized carbons (Fsp3) is 0.500. The summed E-state index contributed by atoms with van der Waals surface area (Å²) < 4.78 is 0.987. The zero-order chi connectivity index (χ0) is 13.0. The monoisotopic (exact) mass is 346 g/mol. The Labute approximate surface area is 129 Å². The zero-order valence-electron chi connectivity index (χ0n) is 11.0. The Morgan fingerprint density at radius 2 is 2.32 bits per heavy atom. The maximum absolute atomic E-state index is 11.9. The van der Waals surface area contributed by atoms with E-state index >= 15 is 0 Å². The number of amides is 1. The summed E-state index contributed by atoms with van der Waals surface area (Å²) in [6.07, 6.45) is 3.95. The van der Waals surface area contributed by atoms with E-state index in [4.69, 9.17) is 0 Å². The van der Waals surface area contributed by atoms with E-state index in [1.54, 1.807) is 0 Å². The van der Waals surface area contributed by atoms with Gasteiger partial charge >= 0.3 is 0 Å². The van der Waals surface area contributed by atoms with Gasteiger partial charge in [-0.15, -0.1) is 12.4 Å². The van der Waals surface area contributed by atoms with Crippen molar-refractivity contribution in [3.05, 3.63) is 28.2 Å². The van der Waals surface area contributed by atoms with Crippen LogP contribution in [0.1, 0.15) is 31.2 Å². The van der Waals surface area contributed by atoms with Gasteiger partial charge in [-0.25, -0.2) is 0 Å². The highest BCUT2D eigenvalue weighted by atomic mass is 79.9. The number of rotatable bonds is 4. The van der Waals surface area contributed by atoms with E-state index in [2.05, 4.69) is 26.6 Å². The minimum absolute atomic E-state index is 0. The van der Waals surface area contributed by atoms with Crippen LogP contribution in [0, 0.1) is 6.92 Å². The van der Waals surface area contributed by atoms with Crippen molar-refractivity contribution in [3.63, 3.8) is 0 Å². The lowest BCUT2D eigenvalue weighted by Crippen LogP contribution is -2.23. The highest BCUT2D eigenvalue weighted by molar-refractivity contribution is 9.10. The number of nitrogens with one attached hydrogen (secondary N) is 2. The van der Waals surface area contributed by atoms with Gasteiger partial charge in [-0.05, 0) is 50.4 Å². The third kappa shape index (κ3) is 5.13. The first-order valence-corrected chi connectivity index (χ1v) is 7.24. The molecule has 0 aromatic heterocycles. The van der Waals surface area contributed by atoms with Gasteiger partial charge in [-0.2, -0.15) is 0 Å². The molecule has 2 N–H and O–H groups in total. The number of carbonyl (C=O) groups is 1. The average Bonchev–Trinajstić information content (AvgIpc) is 2.84. The van der Waals surface area contributed by atoms with Gasteiger partial charge in [0.15, 0.2) is 0 Å².